The molecule has 1 aromatic rings. The molecule has 0 amide bonds. The minimum atomic E-state index is 1.11. The minimum absolute atomic E-state index is 1.11. The molecule has 68 valence electrons. The first-order valence-corrected chi connectivity index (χ1v) is 4.93. The third-order valence-electron chi connectivity index (χ3n) is 2.94. The van der Waals surface area contributed by atoms with Crippen LogP contribution in [0.3, 0.4) is 0 Å². The number of aryl methyl sites for hydroxylation is 1. The molecule has 0 spiro atoms. The summed E-state index contributed by atoms with van der Waals surface area (Å²) in [6.45, 7) is 1.11. The molecule has 2 heterocycles. The Kier molecular flexibility index (Phi) is 1.45. The fourth-order valence-electron chi connectivity index (χ4n) is 2.28. The second kappa shape index (κ2) is 2.62. The van der Waals surface area contributed by atoms with Crippen LogP contribution < -0.4 is 5.32 Å². The van der Waals surface area contributed by atoms with Crippen molar-refractivity contribution < 1.29 is 0 Å². The van der Waals surface area contributed by atoms with Crippen molar-refractivity contribution >= 4 is 5.70 Å². The van der Waals surface area contributed by atoms with Gasteiger partial charge in [0.15, 0.2) is 0 Å². The summed E-state index contributed by atoms with van der Waals surface area (Å²) in [6.07, 6.45) is 6.65. The summed E-state index contributed by atoms with van der Waals surface area (Å²) >= 11 is 0. The molecular formula is C10H13N3. The van der Waals surface area contributed by atoms with Crippen LogP contribution in [0.4, 0.5) is 0 Å². The number of imidazole rings is 1. The van der Waals surface area contributed by atoms with Crippen LogP contribution in [-0.2, 0) is 6.42 Å². The van der Waals surface area contributed by atoms with Crippen LogP contribution in [0.25, 0.3) is 5.70 Å². The first kappa shape index (κ1) is 7.18. The maximum atomic E-state index is 4.32. The number of hydrogen-bond acceptors (Lipinski definition) is 2. The number of rotatable bonds is 0. The van der Waals surface area contributed by atoms with E-state index in [1.54, 1.807) is 11.9 Å². The Morgan fingerprint density at radius 2 is 2.23 bits per heavy atom. The Morgan fingerprint density at radius 1 is 1.23 bits per heavy atom. The first-order valence-electron chi connectivity index (χ1n) is 4.93. The second-order valence-corrected chi connectivity index (χ2v) is 3.73. The summed E-state index contributed by atoms with van der Waals surface area (Å²) in [5.41, 5.74) is 5.39. The lowest BCUT2D eigenvalue weighted by atomic mass is 9.91. The Labute approximate surface area is 77.3 Å². The smallest absolute Gasteiger partial charge is 0.0928 e. The predicted octanol–water partition coefficient (Wildman–Crippen LogP) is 1.45. The van der Waals surface area contributed by atoms with E-state index in [0.29, 0.717) is 0 Å². The van der Waals surface area contributed by atoms with Crippen molar-refractivity contribution in [3.05, 3.63) is 23.3 Å². The highest BCUT2D eigenvalue weighted by Crippen LogP contribution is 2.31. The number of fused-ring (bicyclic) bond motifs is 2. The summed E-state index contributed by atoms with van der Waals surface area (Å²) in [6, 6.07) is 0. The summed E-state index contributed by atoms with van der Waals surface area (Å²) in [7, 11) is 0. The van der Waals surface area contributed by atoms with Gasteiger partial charge in [-0.25, -0.2) is 4.98 Å². The monoisotopic (exact) mass is 175 g/mol. The molecule has 0 unspecified atom stereocenters. The molecule has 13 heavy (non-hydrogen) atoms. The quantitative estimate of drug-likeness (QED) is 0.626. The Bertz CT molecular complexity index is 362. The van der Waals surface area contributed by atoms with Gasteiger partial charge in [0.25, 0.3) is 0 Å². The molecule has 2 aliphatic rings. The van der Waals surface area contributed by atoms with Crippen molar-refractivity contribution in [1.82, 2.24) is 15.3 Å². The van der Waals surface area contributed by atoms with Gasteiger partial charge < -0.3 is 10.3 Å². The molecule has 0 atom stereocenters. The van der Waals surface area contributed by atoms with Crippen molar-refractivity contribution in [2.45, 2.75) is 25.7 Å². The van der Waals surface area contributed by atoms with Gasteiger partial charge in [0.05, 0.1) is 23.4 Å². The number of nitrogens with zero attached hydrogens (tertiary/aromatic N) is 1. The van der Waals surface area contributed by atoms with E-state index in [2.05, 4.69) is 15.3 Å². The van der Waals surface area contributed by atoms with Gasteiger partial charge in [-0.1, -0.05) is 0 Å². The maximum absolute atomic E-state index is 4.32. The van der Waals surface area contributed by atoms with Gasteiger partial charge in [-0.05, 0) is 31.3 Å². The number of allylic oxidation sites excluding steroid dienone is 1. The van der Waals surface area contributed by atoms with Gasteiger partial charge in [-0.3, -0.25) is 0 Å². The largest absolute Gasteiger partial charge is 0.383 e. The van der Waals surface area contributed by atoms with Crippen molar-refractivity contribution in [3.8, 4) is 0 Å². The van der Waals surface area contributed by atoms with Crippen molar-refractivity contribution in [1.29, 1.82) is 0 Å². The molecular weight excluding hydrogens is 162 g/mol. The molecule has 0 saturated heterocycles. The molecule has 1 aromatic heterocycles. The zero-order chi connectivity index (χ0) is 8.67. The van der Waals surface area contributed by atoms with E-state index in [1.165, 1.54) is 36.3 Å². The highest BCUT2D eigenvalue weighted by atomic mass is 15.0. The Balaban J connectivity index is 2.12. The number of aromatic nitrogens is 2. The van der Waals surface area contributed by atoms with Gasteiger partial charge in [0.1, 0.15) is 0 Å². The molecule has 2 N–H and O–H groups in total. The second-order valence-electron chi connectivity index (χ2n) is 3.73. The molecule has 3 heteroatoms. The van der Waals surface area contributed by atoms with Gasteiger partial charge in [-0.2, -0.15) is 0 Å². The van der Waals surface area contributed by atoms with E-state index >= 15 is 0 Å². The first-order chi connectivity index (χ1) is 6.45. The summed E-state index contributed by atoms with van der Waals surface area (Å²) in [4.78, 5) is 7.54. The fourth-order valence-corrected chi connectivity index (χ4v) is 2.28. The molecule has 0 fully saturated rings. The average molecular weight is 175 g/mol. The highest BCUT2D eigenvalue weighted by Gasteiger charge is 2.22. The van der Waals surface area contributed by atoms with E-state index in [4.69, 9.17) is 0 Å². The minimum Gasteiger partial charge on any atom is -0.383 e. The SMILES string of the molecule is c1nc2c([nH]1)C1=C(CCCN1)CC2. The number of hydrogen-bond donors (Lipinski definition) is 2. The van der Waals surface area contributed by atoms with Crippen LogP contribution in [0.15, 0.2) is 11.9 Å². The molecule has 0 saturated carbocycles. The Hall–Kier alpha value is -1.25. The summed E-state index contributed by atoms with van der Waals surface area (Å²) in [5, 5.41) is 3.47. The van der Waals surface area contributed by atoms with Gasteiger partial charge in [0.2, 0.25) is 0 Å². The van der Waals surface area contributed by atoms with Crippen molar-refractivity contribution in [3.63, 3.8) is 0 Å². The van der Waals surface area contributed by atoms with Crippen LogP contribution >= 0.6 is 0 Å². The zero-order valence-electron chi connectivity index (χ0n) is 7.56. The molecule has 0 radical (unpaired) electrons. The topological polar surface area (TPSA) is 40.7 Å². The van der Waals surface area contributed by atoms with Gasteiger partial charge >= 0.3 is 0 Å². The normalized spacial score (nSPS) is 20.6. The Morgan fingerprint density at radius 3 is 3.23 bits per heavy atom. The summed E-state index contributed by atoms with van der Waals surface area (Å²) < 4.78 is 0. The van der Waals surface area contributed by atoms with Crippen LogP contribution in [0.1, 0.15) is 30.7 Å². The number of aromatic amines is 1. The van der Waals surface area contributed by atoms with E-state index < -0.39 is 0 Å². The average Bonchev–Trinajstić information content (AvgIpc) is 2.65. The lowest BCUT2D eigenvalue weighted by molar-refractivity contribution is 0.670. The van der Waals surface area contributed by atoms with Gasteiger partial charge in [0, 0.05) is 6.54 Å². The van der Waals surface area contributed by atoms with E-state index in [1.807, 2.05) is 0 Å². The maximum Gasteiger partial charge on any atom is 0.0928 e. The molecule has 3 rings (SSSR count). The number of H-pyrrole nitrogens is 1. The third-order valence-corrected chi connectivity index (χ3v) is 2.94. The van der Waals surface area contributed by atoms with E-state index in [-0.39, 0.29) is 0 Å². The molecule has 0 aromatic carbocycles. The molecule has 1 aliphatic heterocycles. The van der Waals surface area contributed by atoms with Crippen molar-refractivity contribution in [2.75, 3.05) is 6.54 Å². The van der Waals surface area contributed by atoms with E-state index in [0.717, 1.165) is 13.0 Å². The number of nitrogens with one attached hydrogen (secondary N) is 2. The van der Waals surface area contributed by atoms with Crippen LogP contribution in [0.2, 0.25) is 0 Å². The van der Waals surface area contributed by atoms with Crippen LogP contribution in [0.5, 0.6) is 0 Å². The standard InChI is InChI=1S/C10H13N3/c1-2-7-3-4-8-10(13-6-12-8)9(7)11-5-1/h6,11H,1-5H2,(H,12,13). The summed E-state index contributed by atoms with van der Waals surface area (Å²) in [5.74, 6) is 0. The molecule has 1 aliphatic carbocycles. The van der Waals surface area contributed by atoms with E-state index in [9.17, 15) is 0 Å². The third kappa shape index (κ3) is 0.996. The predicted molar refractivity (Wildman–Crippen MR) is 51.1 cm³/mol. The van der Waals surface area contributed by atoms with Crippen molar-refractivity contribution in [2.24, 2.45) is 0 Å². The lowest BCUT2D eigenvalue weighted by Crippen LogP contribution is -2.24. The van der Waals surface area contributed by atoms with Crippen LogP contribution in [0, 0.1) is 0 Å². The molecule has 0 bridgehead atoms. The zero-order valence-corrected chi connectivity index (χ0v) is 7.56. The fraction of sp³-hybridized carbons (Fsp3) is 0.500. The highest BCUT2D eigenvalue weighted by molar-refractivity contribution is 5.68. The molecule has 3 nitrogen and oxygen atoms in total. The van der Waals surface area contributed by atoms with Crippen LogP contribution in [-0.4, -0.2) is 16.5 Å². The van der Waals surface area contributed by atoms with Gasteiger partial charge in [-0.15, -0.1) is 0 Å². The lowest BCUT2D eigenvalue weighted by Gasteiger charge is -2.25.